The first-order chi connectivity index (χ1) is 13.3. The number of benzene rings is 2. The molecule has 1 aromatic heterocycles. The van der Waals surface area contributed by atoms with Gasteiger partial charge >= 0.3 is 0 Å². The minimum absolute atomic E-state index is 0.0785. The summed E-state index contributed by atoms with van der Waals surface area (Å²) >= 11 is 7.75. The molecule has 2 N–H and O–H groups in total. The third-order valence-electron chi connectivity index (χ3n) is 4.12. The fourth-order valence-corrected chi connectivity index (χ4v) is 4.85. The van der Waals surface area contributed by atoms with E-state index in [-0.39, 0.29) is 16.6 Å². The minimum Gasteiger partial charge on any atom is -0.340 e. The topological polar surface area (TPSA) is 66.9 Å². The van der Waals surface area contributed by atoms with Gasteiger partial charge in [-0.3, -0.25) is 4.79 Å². The lowest BCUT2D eigenvalue weighted by atomic mass is 9.91. The zero-order valence-electron chi connectivity index (χ0n) is 15.7. The van der Waals surface area contributed by atoms with Crippen LogP contribution < -0.4 is 10.6 Å². The minimum atomic E-state index is -0.280. The van der Waals surface area contributed by atoms with Crippen molar-refractivity contribution in [2.45, 2.75) is 26.0 Å². The number of nitrogens with zero attached hydrogens (tertiary/aromatic N) is 2. The van der Waals surface area contributed by atoms with Gasteiger partial charge in [0.15, 0.2) is 0 Å². The molecule has 0 spiro atoms. The summed E-state index contributed by atoms with van der Waals surface area (Å²) in [5, 5.41) is 6.85. The van der Waals surface area contributed by atoms with Gasteiger partial charge in [-0.1, -0.05) is 53.6 Å². The highest BCUT2D eigenvalue weighted by Crippen LogP contribution is 2.34. The zero-order chi connectivity index (χ0) is 20.3. The molecule has 0 aliphatic carbocycles. The van der Waals surface area contributed by atoms with Gasteiger partial charge in [-0.2, -0.15) is 0 Å². The molecule has 1 atom stereocenters. The van der Waals surface area contributed by atoms with Gasteiger partial charge in [0.1, 0.15) is 12.1 Å². The Kier molecular flexibility index (Phi) is 6.52. The van der Waals surface area contributed by atoms with Crippen molar-refractivity contribution in [1.82, 2.24) is 9.97 Å². The molecular weight excluding hydrogens is 456 g/mol. The lowest BCUT2D eigenvalue weighted by molar-refractivity contribution is -0.117. The molecule has 2 aromatic carbocycles. The maximum absolute atomic E-state index is 12.7. The summed E-state index contributed by atoms with van der Waals surface area (Å²) in [7, 11) is 1.26. The van der Waals surface area contributed by atoms with Crippen molar-refractivity contribution in [2.24, 2.45) is 5.41 Å². The third kappa shape index (κ3) is 4.98. The highest BCUT2D eigenvalue weighted by Gasteiger charge is 2.31. The summed E-state index contributed by atoms with van der Waals surface area (Å²) in [4.78, 5) is 21.4. The zero-order valence-corrected chi connectivity index (χ0v) is 19.0. The van der Waals surface area contributed by atoms with Gasteiger partial charge in [0.25, 0.3) is 0 Å². The van der Waals surface area contributed by atoms with Crippen molar-refractivity contribution >= 4 is 72.4 Å². The first-order valence-corrected chi connectivity index (χ1v) is 11.4. The summed E-state index contributed by atoms with van der Waals surface area (Å²) in [5.41, 5.74) is 2.19. The third-order valence-corrected chi connectivity index (χ3v) is 6.38. The monoisotopic (exact) mass is 476 g/mol. The molecule has 0 saturated carbocycles. The number of halogens is 1. The quantitative estimate of drug-likeness (QED) is 0.308. The number of nitrogens with one attached hydrogen (secondary N) is 2. The van der Waals surface area contributed by atoms with Crippen LogP contribution in [0.25, 0.3) is 10.9 Å². The van der Waals surface area contributed by atoms with Gasteiger partial charge < -0.3 is 10.6 Å². The smallest absolute Gasteiger partial charge is 0.238 e. The fourth-order valence-electron chi connectivity index (χ4n) is 2.74. The van der Waals surface area contributed by atoms with E-state index in [2.05, 4.69) is 48.2 Å². The van der Waals surface area contributed by atoms with Crippen LogP contribution in [-0.2, 0) is 4.79 Å². The predicted molar refractivity (Wildman–Crippen MR) is 125 cm³/mol. The number of carbonyl (C=O) groups is 1. The SMILES string of the molecule is CC(C)(C)C(SS)C(=O)Nc1ccc2ncnc(Nc3cccc(Br)c3)c2c1. The first-order valence-electron chi connectivity index (χ1n) is 8.66. The second-order valence-electron chi connectivity index (χ2n) is 7.43. The largest absolute Gasteiger partial charge is 0.340 e. The average molecular weight is 477 g/mol. The van der Waals surface area contributed by atoms with Crippen molar-refractivity contribution in [1.29, 1.82) is 0 Å². The molecule has 5 nitrogen and oxygen atoms in total. The lowest BCUT2D eigenvalue weighted by Crippen LogP contribution is -2.35. The summed E-state index contributed by atoms with van der Waals surface area (Å²) < 4.78 is 0.973. The highest BCUT2D eigenvalue weighted by molar-refractivity contribution is 9.10. The van der Waals surface area contributed by atoms with E-state index >= 15 is 0 Å². The number of rotatable bonds is 5. The van der Waals surface area contributed by atoms with Crippen molar-refractivity contribution in [2.75, 3.05) is 10.6 Å². The summed E-state index contributed by atoms with van der Waals surface area (Å²) in [6.07, 6.45) is 1.52. The Labute approximate surface area is 182 Å². The first kappa shape index (κ1) is 21.0. The summed E-state index contributed by atoms with van der Waals surface area (Å²) in [5.74, 6) is 0.598. The maximum Gasteiger partial charge on any atom is 0.238 e. The molecular formula is C20H21BrN4OS2. The van der Waals surface area contributed by atoms with Crippen LogP contribution in [0.2, 0.25) is 0 Å². The van der Waals surface area contributed by atoms with Crippen molar-refractivity contribution < 1.29 is 4.79 Å². The molecule has 0 aliphatic heterocycles. The number of carbonyl (C=O) groups excluding carboxylic acids is 1. The Bertz CT molecular complexity index is 1010. The van der Waals surface area contributed by atoms with Gasteiger partial charge in [0, 0.05) is 21.2 Å². The van der Waals surface area contributed by atoms with Crippen LogP contribution in [0.3, 0.4) is 0 Å². The summed E-state index contributed by atoms with van der Waals surface area (Å²) in [6, 6.07) is 13.4. The van der Waals surface area contributed by atoms with Crippen molar-refractivity contribution in [3.8, 4) is 0 Å². The van der Waals surface area contributed by atoms with Gasteiger partial charge in [-0.25, -0.2) is 9.97 Å². The second-order valence-corrected chi connectivity index (χ2v) is 9.66. The molecule has 8 heteroatoms. The Hall–Kier alpha value is -1.77. The van der Waals surface area contributed by atoms with Crippen LogP contribution in [0, 0.1) is 5.41 Å². The van der Waals surface area contributed by atoms with Gasteiger partial charge in [0.2, 0.25) is 5.91 Å². The van der Waals surface area contributed by atoms with E-state index in [0.29, 0.717) is 11.5 Å². The van der Waals surface area contributed by atoms with Crippen LogP contribution in [0.15, 0.2) is 53.3 Å². The molecule has 0 fully saturated rings. The Morgan fingerprint density at radius 3 is 2.61 bits per heavy atom. The fraction of sp³-hybridized carbons (Fsp3) is 0.250. The van der Waals surface area contributed by atoms with Gasteiger partial charge in [-0.05, 0) is 41.8 Å². The van der Waals surface area contributed by atoms with Crippen LogP contribution in [-0.4, -0.2) is 21.1 Å². The van der Waals surface area contributed by atoms with Crippen LogP contribution in [0.5, 0.6) is 0 Å². The molecule has 0 saturated heterocycles. The molecule has 28 heavy (non-hydrogen) atoms. The number of hydrogen-bond donors (Lipinski definition) is 3. The second kappa shape index (κ2) is 8.71. The number of fused-ring (bicyclic) bond motifs is 1. The van der Waals surface area contributed by atoms with Crippen LogP contribution >= 0.6 is 38.4 Å². The van der Waals surface area contributed by atoms with E-state index in [1.54, 1.807) is 0 Å². The predicted octanol–water partition coefficient (Wildman–Crippen LogP) is 6.07. The van der Waals surface area contributed by atoms with E-state index < -0.39 is 0 Å². The van der Waals surface area contributed by atoms with Gasteiger partial charge in [-0.15, -0.1) is 11.7 Å². The Morgan fingerprint density at radius 1 is 1.14 bits per heavy atom. The van der Waals surface area contributed by atoms with E-state index in [9.17, 15) is 4.79 Å². The molecule has 1 unspecified atom stereocenters. The molecule has 146 valence electrons. The van der Waals surface area contributed by atoms with E-state index in [4.69, 9.17) is 0 Å². The average Bonchev–Trinajstić information content (AvgIpc) is 2.61. The summed E-state index contributed by atoms with van der Waals surface area (Å²) in [6.45, 7) is 6.07. The number of amides is 1. The highest BCUT2D eigenvalue weighted by atomic mass is 79.9. The number of anilines is 3. The molecule has 3 rings (SSSR count). The van der Waals surface area contributed by atoms with Crippen LogP contribution in [0.4, 0.5) is 17.2 Å². The maximum atomic E-state index is 12.7. The van der Waals surface area contributed by atoms with E-state index in [1.165, 1.54) is 17.1 Å². The standard InChI is InChI=1S/C20H21BrN4OS2/c1-20(2,3)17(28-27)19(26)25-14-7-8-16-15(10-14)18(23-11-22-16)24-13-6-4-5-12(21)9-13/h4-11,17,27H,1-3H3,(H,25,26)(H,22,23,24). The van der Waals surface area contributed by atoms with Crippen molar-refractivity contribution in [3.05, 3.63) is 53.3 Å². The van der Waals surface area contributed by atoms with Crippen molar-refractivity contribution in [3.63, 3.8) is 0 Å². The lowest BCUT2D eigenvalue weighted by Gasteiger charge is -2.27. The molecule has 1 heterocycles. The molecule has 0 radical (unpaired) electrons. The van der Waals surface area contributed by atoms with E-state index in [1.807, 2.05) is 63.2 Å². The van der Waals surface area contributed by atoms with Gasteiger partial charge in [0.05, 0.1) is 10.8 Å². The molecule has 1 amide bonds. The number of thiol groups is 1. The van der Waals surface area contributed by atoms with Crippen LogP contribution in [0.1, 0.15) is 20.8 Å². The molecule has 0 aliphatic rings. The molecule has 0 bridgehead atoms. The number of aromatic nitrogens is 2. The normalized spacial score (nSPS) is 12.6. The Morgan fingerprint density at radius 2 is 1.93 bits per heavy atom. The molecule has 3 aromatic rings. The van der Waals surface area contributed by atoms with E-state index in [0.717, 1.165) is 21.1 Å². The Balaban J connectivity index is 1.91. The number of hydrogen-bond acceptors (Lipinski definition) is 6.